The van der Waals surface area contributed by atoms with E-state index < -0.39 is 0 Å². The monoisotopic (exact) mass is 358 g/mol. The Bertz CT molecular complexity index is 619. The number of rotatable bonds is 8. The maximum absolute atomic E-state index is 12.0. The van der Waals surface area contributed by atoms with Crippen LogP contribution in [0.3, 0.4) is 0 Å². The normalized spacial score (nSPS) is 10.2. The summed E-state index contributed by atoms with van der Waals surface area (Å²) in [6.07, 6.45) is 0. The molecule has 0 fully saturated rings. The molecule has 0 bridgehead atoms. The Kier molecular flexibility index (Phi) is 8.65. The lowest BCUT2D eigenvalue weighted by atomic mass is 10.1. The fourth-order valence-corrected chi connectivity index (χ4v) is 2.14. The van der Waals surface area contributed by atoms with Crippen molar-refractivity contribution in [1.82, 2.24) is 20.8 Å². The lowest BCUT2D eigenvalue weighted by Crippen LogP contribution is -2.33. The van der Waals surface area contributed by atoms with Gasteiger partial charge in [0.05, 0.1) is 17.3 Å². The van der Waals surface area contributed by atoms with Gasteiger partial charge in [-0.2, -0.15) is 5.10 Å². The number of carbonyl (C=O) groups is 1. The van der Waals surface area contributed by atoms with Gasteiger partial charge >= 0.3 is 0 Å². The summed E-state index contributed by atoms with van der Waals surface area (Å²) in [7, 11) is 1.65. The molecule has 126 valence electrons. The summed E-state index contributed by atoms with van der Waals surface area (Å²) < 4.78 is 4.92. The lowest BCUT2D eigenvalue weighted by molar-refractivity contribution is 0.0948. The van der Waals surface area contributed by atoms with E-state index in [2.05, 4.69) is 20.8 Å². The molecule has 23 heavy (non-hydrogen) atoms. The molecule has 0 radical (unpaired) electrons. The van der Waals surface area contributed by atoms with E-state index in [1.54, 1.807) is 19.2 Å². The smallest absolute Gasteiger partial charge is 0.269 e. The second kappa shape index (κ2) is 10.2. The van der Waals surface area contributed by atoms with E-state index in [1.807, 2.05) is 18.2 Å². The number of nitrogens with one attached hydrogen (secondary N) is 3. The van der Waals surface area contributed by atoms with E-state index in [9.17, 15) is 4.79 Å². The maximum atomic E-state index is 12.0. The van der Waals surface area contributed by atoms with Crippen molar-refractivity contribution >= 4 is 29.9 Å². The summed E-state index contributed by atoms with van der Waals surface area (Å²) in [6.45, 7) is 2.62. The van der Waals surface area contributed by atoms with Gasteiger partial charge in [-0.15, -0.1) is 12.4 Å². The zero-order chi connectivity index (χ0) is 15.8. The minimum atomic E-state index is -0.195. The predicted molar refractivity (Wildman–Crippen MR) is 93.4 cm³/mol. The molecular formula is C15H20Cl2N4O2. The molecule has 0 saturated heterocycles. The first kappa shape index (κ1) is 19.4. The first-order valence-corrected chi connectivity index (χ1v) is 7.38. The number of carbonyl (C=O) groups excluding carboxylic acids is 1. The Morgan fingerprint density at radius 3 is 2.83 bits per heavy atom. The number of aromatic nitrogens is 2. The van der Waals surface area contributed by atoms with E-state index in [0.29, 0.717) is 36.1 Å². The van der Waals surface area contributed by atoms with Crippen molar-refractivity contribution in [2.24, 2.45) is 0 Å². The molecule has 1 heterocycles. The van der Waals surface area contributed by atoms with E-state index in [0.717, 1.165) is 12.1 Å². The molecule has 2 rings (SSSR count). The molecule has 0 aliphatic rings. The van der Waals surface area contributed by atoms with Gasteiger partial charge in [-0.25, -0.2) is 0 Å². The van der Waals surface area contributed by atoms with Crippen molar-refractivity contribution in [2.75, 3.05) is 33.4 Å². The summed E-state index contributed by atoms with van der Waals surface area (Å²) in [5.74, 6) is -0.195. The molecule has 1 amide bonds. The van der Waals surface area contributed by atoms with Gasteiger partial charge in [0.15, 0.2) is 0 Å². The van der Waals surface area contributed by atoms with E-state index >= 15 is 0 Å². The summed E-state index contributed by atoms with van der Waals surface area (Å²) in [5, 5.41) is 13.4. The van der Waals surface area contributed by atoms with Crippen LogP contribution in [0.2, 0.25) is 5.02 Å². The Morgan fingerprint density at radius 2 is 2.09 bits per heavy atom. The summed E-state index contributed by atoms with van der Waals surface area (Å²) in [5.41, 5.74) is 1.85. The van der Waals surface area contributed by atoms with Crippen molar-refractivity contribution < 1.29 is 9.53 Å². The zero-order valence-electron chi connectivity index (χ0n) is 12.8. The number of H-pyrrole nitrogens is 1. The van der Waals surface area contributed by atoms with Crippen molar-refractivity contribution in [2.45, 2.75) is 0 Å². The molecule has 6 nitrogen and oxygen atoms in total. The molecule has 3 N–H and O–H groups in total. The Labute approximate surface area is 146 Å². The van der Waals surface area contributed by atoms with Crippen LogP contribution in [0, 0.1) is 0 Å². The number of hydrogen-bond donors (Lipinski definition) is 3. The molecule has 0 unspecified atom stereocenters. The van der Waals surface area contributed by atoms with Crippen molar-refractivity contribution in [3.8, 4) is 11.3 Å². The van der Waals surface area contributed by atoms with Gasteiger partial charge in [-0.1, -0.05) is 29.8 Å². The number of methoxy groups -OCH3 is 1. The second-order valence-corrected chi connectivity index (χ2v) is 5.05. The number of nitrogens with zero attached hydrogens (tertiary/aromatic N) is 1. The van der Waals surface area contributed by atoms with Crippen LogP contribution < -0.4 is 10.6 Å². The van der Waals surface area contributed by atoms with E-state index in [1.165, 1.54) is 0 Å². The minimum Gasteiger partial charge on any atom is -0.383 e. The average Bonchev–Trinajstić information content (AvgIpc) is 3.01. The SMILES string of the molecule is COCCNCCNC(=O)c1cc(-c2ccccc2Cl)n[nH]1.Cl. The molecule has 1 aromatic carbocycles. The Morgan fingerprint density at radius 1 is 1.30 bits per heavy atom. The highest BCUT2D eigenvalue weighted by atomic mass is 35.5. The van der Waals surface area contributed by atoms with Crippen molar-refractivity contribution in [1.29, 1.82) is 0 Å². The van der Waals surface area contributed by atoms with Crippen LogP contribution in [0.25, 0.3) is 11.3 Å². The zero-order valence-corrected chi connectivity index (χ0v) is 14.3. The summed E-state index contributed by atoms with van der Waals surface area (Å²) >= 11 is 6.12. The summed E-state index contributed by atoms with van der Waals surface area (Å²) in [4.78, 5) is 12.0. The maximum Gasteiger partial charge on any atom is 0.269 e. The first-order valence-electron chi connectivity index (χ1n) is 7.00. The quantitative estimate of drug-likeness (QED) is 0.631. The van der Waals surface area contributed by atoms with Gasteiger partial charge in [0.25, 0.3) is 5.91 Å². The molecule has 0 spiro atoms. The van der Waals surface area contributed by atoms with Gasteiger partial charge in [-0.05, 0) is 12.1 Å². The molecule has 2 aromatic rings. The molecular weight excluding hydrogens is 339 g/mol. The van der Waals surface area contributed by atoms with Crippen LogP contribution in [-0.4, -0.2) is 49.5 Å². The molecule has 0 atom stereocenters. The minimum absolute atomic E-state index is 0. The largest absolute Gasteiger partial charge is 0.383 e. The van der Waals surface area contributed by atoms with Gasteiger partial charge in [0.1, 0.15) is 5.69 Å². The topological polar surface area (TPSA) is 79.0 Å². The van der Waals surface area contributed by atoms with Gasteiger partial charge in [0, 0.05) is 32.3 Å². The highest BCUT2D eigenvalue weighted by molar-refractivity contribution is 6.33. The fourth-order valence-electron chi connectivity index (χ4n) is 1.90. The molecule has 0 saturated carbocycles. The standard InChI is InChI=1S/C15H19ClN4O2.ClH/c1-22-9-8-17-6-7-18-15(21)14-10-13(19-20-14)11-4-2-3-5-12(11)16;/h2-5,10,17H,6-9H2,1H3,(H,18,21)(H,19,20);1H. The Balaban J connectivity index is 0.00000264. The first-order chi connectivity index (χ1) is 10.7. The number of halogens is 2. The lowest BCUT2D eigenvalue weighted by Gasteiger charge is -2.05. The van der Waals surface area contributed by atoms with Crippen LogP contribution in [-0.2, 0) is 4.74 Å². The van der Waals surface area contributed by atoms with Gasteiger partial charge in [-0.3, -0.25) is 9.89 Å². The molecule has 0 aliphatic heterocycles. The van der Waals surface area contributed by atoms with Crippen molar-refractivity contribution in [3.05, 3.63) is 41.0 Å². The molecule has 1 aromatic heterocycles. The Hall–Kier alpha value is -1.60. The highest BCUT2D eigenvalue weighted by Crippen LogP contribution is 2.26. The van der Waals surface area contributed by atoms with Crippen LogP contribution >= 0.6 is 24.0 Å². The van der Waals surface area contributed by atoms with E-state index in [4.69, 9.17) is 16.3 Å². The van der Waals surface area contributed by atoms with E-state index in [-0.39, 0.29) is 18.3 Å². The van der Waals surface area contributed by atoms with Gasteiger partial charge < -0.3 is 15.4 Å². The van der Waals surface area contributed by atoms with Crippen LogP contribution in [0.4, 0.5) is 0 Å². The third-order valence-corrected chi connectivity index (χ3v) is 3.37. The predicted octanol–water partition coefficient (Wildman–Crippen LogP) is 2.12. The third kappa shape index (κ3) is 5.84. The van der Waals surface area contributed by atoms with Crippen molar-refractivity contribution in [3.63, 3.8) is 0 Å². The summed E-state index contributed by atoms with van der Waals surface area (Å²) in [6, 6.07) is 9.07. The number of benzene rings is 1. The third-order valence-electron chi connectivity index (χ3n) is 3.04. The molecule has 8 heteroatoms. The number of ether oxygens (including phenoxy) is 1. The average molecular weight is 359 g/mol. The van der Waals surface area contributed by atoms with Gasteiger partial charge in [0.2, 0.25) is 0 Å². The van der Waals surface area contributed by atoms with Crippen LogP contribution in [0.15, 0.2) is 30.3 Å². The number of hydrogen-bond acceptors (Lipinski definition) is 4. The van der Waals surface area contributed by atoms with Crippen LogP contribution in [0.5, 0.6) is 0 Å². The highest BCUT2D eigenvalue weighted by Gasteiger charge is 2.12. The fraction of sp³-hybridized carbons (Fsp3) is 0.333. The molecule has 0 aliphatic carbocycles. The van der Waals surface area contributed by atoms with Crippen LogP contribution in [0.1, 0.15) is 10.5 Å². The second-order valence-electron chi connectivity index (χ2n) is 4.65. The number of aromatic amines is 1. The number of amides is 1.